The zero-order valence-electron chi connectivity index (χ0n) is 10.4. The fourth-order valence-electron chi connectivity index (χ4n) is 1.75. The number of carbonyl (C=O) groups is 2. The second-order valence-corrected chi connectivity index (χ2v) is 4.14. The summed E-state index contributed by atoms with van der Waals surface area (Å²) in [7, 11) is 0. The molecule has 0 atom stereocenters. The van der Waals surface area contributed by atoms with Crippen LogP contribution >= 0.6 is 0 Å². The first-order valence-electron chi connectivity index (χ1n) is 5.47. The summed E-state index contributed by atoms with van der Waals surface area (Å²) in [5, 5.41) is 8.75. The lowest BCUT2D eigenvalue weighted by atomic mass is 10.1. The van der Waals surface area contributed by atoms with Gasteiger partial charge in [0.1, 0.15) is 6.54 Å². The monoisotopic (exact) mass is 245 g/mol. The van der Waals surface area contributed by atoms with E-state index in [2.05, 4.69) is 5.92 Å². The van der Waals surface area contributed by atoms with Crippen LogP contribution < -0.4 is 0 Å². The molecule has 1 N–H and O–H groups in total. The Morgan fingerprint density at radius 3 is 2.28 bits per heavy atom. The third-order valence-electron chi connectivity index (χ3n) is 2.36. The first kappa shape index (κ1) is 13.8. The first-order chi connectivity index (χ1) is 8.43. The number of carboxylic acid groups (broad SMARTS) is 1. The van der Waals surface area contributed by atoms with Crippen LogP contribution in [0.25, 0.3) is 0 Å². The van der Waals surface area contributed by atoms with Gasteiger partial charge in [-0.3, -0.25) is 9.59 Å². The Labute approximate surface area is 106 Å². The van der Waals surface area contributed by atoms with Gasteiger partial charge >= 0.3 is 5.97 Å². The molecule has 0 aliphatic carbocycles. The molecule has 0 heterocycles. The normalized spacial score (nSPS) is 9.61. The number of terminal acetylenes is 1. The zero-order valence-corrected chi connectivity index (χ0v) is 10.4. The lowest BCUT2D eigenvalue weighted by molar-refractivity contribution is -0.137. The quantitative estimate of drug-likeness (QED) is 0.817. The van der Waals surface area contributed by atoms with Gasteiger partial charge in [0, 0.05) is 5.56 Å². The molecule has 1 amide bonds. The standard InChI is InChI=1S/C14H15NO3/c1-4-5-15(9-13(16)17)14(18)12-7-10(2)6-11(3)8-12/h1,6-8H,5,9H2,2-3H3,(H,16,17). The summed E-state index contributed by atoms with van der Waals surface area (Å²) < 4.78 is 0. The molecule has 0 radical (unpaired) electrons. The van der Waals surface area contributed by atoms with E-state index in [9.17, 15) is 9.59 Å². The van der Waals surface area contributed by atoms with E-state index >= 15 is 0 Å². The van der Waals surface area contributed by atoms with Gasteiger partial charge in [-0.1, -0.05) is 23.1 Å². The number of carbonyl (C=O) groups excluding carboxylic acids is 1. The van der Waals surface area contributed by atoms with E-state index in [1.54, 1.807) is 12.1 Å². The van der Waals surface area contributed by atoms with Gasteiger partial charge in [-0.15, -0.1) is 6.42 Å². The Balaban J connectivity index is 3.01. The highest BCUT2D eigenvalue weighted by molar-refractivity contribution is 5.96. The van der Waals surface area contributed by atoms with E-state index in [-0.39, 0.29) is 12.5 Å². The minimum atomic E-state index is -1.08. The molecular weight excluding hydrogens is 230 g/mol. The molecule has 1 rings (SSSR count). The van der Waals surface area contributed by atoms with Crippen molar-refractivity contribution in [3.05, 3.63) is 34.9 Å². The highest BCUT2D eigenvalue weighted by Gasteiger charge is 2.17. The molecule has 1 aromatic rings. The molecule has 18 heavy (non-hydrogen) atoms. The third kappa shape index (κ3) is 3.63. The van der Waals surface area contributed by atoms with Gasteiger partial charge in [0.15, 0.2) is 0 Å². The highest BCUT2D eigenvalue weighted by atomic mass is 16.4. The first-order valence-corrected chi connectivity index (χ1v) is 5.47. The van der Waals surface area contributed by atoms with Gasteiger partial charge in [0.2, 0.25) is 0 Å². The third-order valence-corrected chi connectivity index (χ3v) is 2.36. The maximum absolute atomic E-state index is 12.1. The summed E-state index contributed by atoms with van der Waals surface area (Å²) in [5.41, 5.74) is 2.37. The molecule has 0 bridgehead atoms. The van der Waals surface area contributed by atoms with Crippen LogP contribution in [0.15, 0.2) is 18.2 Å². The second-order valence-electron chi connectivity index (χ2n) is 4.14. The zero-order chi connectivity index (χ0) is 13.7. The van der Waals surface area contributed by atoms with Crippen molar-refractivity contribution >= 4 is 11.9 Å². The number of carboxylic acids is 1. The number of benzene rings is 1. The maximum Gasteiger partial charge on any atom is 0.323 e. The van der Waals surface area contributed by atoms with Crippen LogP contribution in [-0.4, -0.2) is 35.0 Å². The predicted molar refractivity (Wildman–Crippen MR) is 68.3 cm³/mol. The number of nitrogens with zero attached hydrogens (tertiary/aromatic N) is 1. The van der Waals surface area contributed by atoms with E-state index in [0.717, 1.165) is 16.0 Å². The number of rotatable bonds is 4. The predicted octanol–water partition coefficient (Wildman–Crippen LogP) is 1.46. The van der Waals surface area contributed by atoms with E-state index in [1.165, 1.54) is 0 Å². The van der Waals surface area contributed by atoms with Crippen LogP contribution in [-0.2, 0) is 4.79 Å². The molecule has 94 valence electrons. The number of hydrogen-bond acceptors (Lipinski definition) is 2. The van der Waals surface area contributed by atoms with Crippen LogP contribution in [0.5, 0.6) is 0 Å². The summed E-state index contributed by atoms with van der Waals surface area (Å²) in [4.78, 5) is 24.0. The van der Waals surface area contributed by atoms with Crippen LogP contribution in [0.2, 0.25) is 0 Å². The van der Waals surface area contributed by atoms with Crippen LogP contribution in [0.1, 0.15) is 21.5 Å². The molecule has 0 saturated heterocycles. The summed E-state index contributed by atoms with van der Waals surface area (Å²) >= 11 is 0. The van der Waals surface area contributed by atoms with Gasteiger partial charge < -0.3 is 10.0 Å². The van der Waals surface area contributed by atoms with Gasteiger partial charge in [-0.25, -0.2) is 0 Å². The summed E-state index contributed by atoms with van der Waals surface area (Å²) in [6, 6.07) is 5.39. The number of hydrogen-bond donors (Lipinski definition) is 1. The molecule has 0 fully saturated rings. The summed E-state index contributed by atoms with van der Waals surface area (Å²) in [5.74, 6) is 0.855. The molecule has 0 aliphatic heterocycles. The fraction of sp³-hybridized carbons (Fsp3) is 0.286. The van der Waals surface area contributed by atoms with Crippen molar-refractivity contribution in [3.63, 3.8) is 0 Å². The minimum absolute atomic E-state index is 0.0158. The number of aliphatic carboxylic acids is 1. The highest BCUT2D eigenvalue weighted by Crippen LogP contribution is 2.11. The molecule has 0 unspecified atom stereocenters. The van der Waals surface area contributed by atoms with Gasteiger partial charge in [-0.2, -0.15) is 0 Å². The molecule has 0 saturated carbocycles. The Kier molecular flexibility index (Phi) is 4.50. The Morgan fingerprint density at radius 2 is 1.83 bits per heavy atom. The van der Waals surface area contributed by atoms with E-state index in [4.69, 9.17) is 11.5 Å². The molecule has 1 aromatic carbocycles. The average Bonchev–Trinajstić information content (AvgIpc) is 2.25. The van der Waals surface area contributed by atoms with Gasteiger partial charge in [0.25, 0.3) is 5.91 Å². The van der Waals surface area contributed by atoms with Crippen molar-refractivity contribution in [2.45, 2.75) is 13.8 Å². The van der Waals surface area contributed by atoms with Crippen molar-refractivity contribution in [3.8, 4) is 12.3 Å². The summed E-state index contributed by atoms with van der Waals surface area (Å²) in [6.45, 7) is 3.35. The maximum atomic E-state index is 12.1. The van der Waals surface area contributed by atoms with Crippen molar-refractivity contribution < 1.29 is 14.7 Å². The molecule has 4 nitrogen and oxygen atoms in total. The van der Waals surface area contributed by atoms with Crippen molar-refractivity contribution in [2.75, 3.05) is 13.1 Å². The van der Waals surface area contributed by atoms with Gasteiger partial charge in [0.05, 0.1) is 6.54 Å². The van der Waals surface area contributed by atoms with Crippen LogP contribution in [0.4, 0.5) is 0 Å². The van der Waals surface area contributed by atoms with E-state index in [0.29, 0.717) is 5.56 Å². The Hall–Kier alpha value is -2.28. The number of amides is 1. The van der Waals surface area contributed by atoms with Crippen molar-refractivity contribution in [1.82, 2.24) is 4.90 Å². The molecule has 0 aliphatic rings. The Morgan fingerprint density at radius 1 is 1.28 bits per heavy atom. The number of aryl methyl sites for hydroxylation is 2. The molecule has 4 heteroatoms. The van der Waals surface area contributed by atoms with Crippen molar-refractivity contribution in [2.24, 2.45) is 0 Å². The SMILES string of the molecule is C#CCN(CC(=O)O)C(=O)c1cc(C)cc(C)c1. The molecule has 0 spiro atoms. The van der Waals surface area contributed by atoms with E-state index in [1.807, 2.05) is 19.9 Å². The van der Waals surface area contributed by atoms with Crippen LogP contribution in [0, 0.1) is 26.2 Å². The second kappa shape index (κ2) is 5.87. The molecular formula is C14H15NO3. The lowest BCUT2D eigenvalue weighted by Gasteiger charge is -2.18. The Bertz CT molecular complexity index is 494. The van der Waals surface area contributed by atoms with E-state index < -0.39 is 12.5 Å². The average molecular weight is 245 g/mol. The lowest BCUT2D eigenvalue weighted by Crippen LogP contribution is -2.36. The minimum Gasteiger partial charge on any atom is -0.480 e. The van der Waals surface area contributed by atoms with Gasteiger partial charge in [-0.05, 0) is 26.0 Å². The topological polar surface area (TPSA) is 57.6 Å². The summed E-state index contributed by atoms with van der Waals surface area (Å²) in [6.07, 6.45) is 5.14. The van der Waals surface area contributed by atoms with Crippen molar-refractivity contribution in [1.29, 1.82) is 0 Å². The largest absolute Gasteiger partial charge is 0.480 e. The molecule has 0 aromatic heterocycles. The fourth-order valence-corrected chi connectivity index (χ4v) is 1.75. The smallest absolute Gasteiger partial charge is 0.323 e. The van der Waals surface area contributed by atoms with Crippen LogP contribution in [0.3, 0.4) is 0 Å².